The number of benzene rings is 2. The zero-order valence-electron chi connectivity index (χ0n) is 17.5. The molecular weight excluding hydrogens is 356 g/mol. The van der Waals surface area contributed by atoms with Gasteiger partial charge < -0.3 is 10.2 Å². The zero-order valence-corrected chi connectivity index (χ0v) is 17.5. The summed E-state index contributed by atoms with van der Waals surface area (Å²) >= 11 is 0. The molecule has 5 atom stereocenters. The first-order chi connectivity index (χ1) is 14.0. The molecule has 2 heteroatoms. The van der Waals surface area contributed by atoms with Crippen LogP contribution in [0.2, 0.25) is 0 Å². The van der Waals surface area contributed by atoms with Gasteiger partial charge in [-0.15, -0.1) is 0 Å². The van der Waals surface area contributed by atoms with Gasteiger partial charge in [0.1, 0.15) is 5.75 Å². The summed E-state index contributed by atoms with van der Waals surface area (Å²) in [6.07, 6.45) is 10.2. The number of aromatic hydroxyl groups is 1. The number of aliphatic hydroxyl groups is 1. The van der Waals surface area contributed by atoms with E-state index in [9.17, 15) is 10.2 Å². The molecule has 0 unspecified atom stereocenters. The van der Waals surface area contributed by atoms with Gasteiger partial charge in [-0.1, -0.05) is 31.2 Å². The number of hydrogen-bond acceptors (Lipinski definition) is 2. The second kappa shape index (κ2) is 6.11. The second-order valence-electron chi connectivity index (χ2n) is 10.5. The predicted octanol–water partition coefficient (Wildman–Crippen LogP) is 5.62. The smallest absolute Gasteiger partial charge is 0.115 e. The van der Waals surface area contributed by atoms with Gasteiger partial charge in [0.15, 0.2) is 0 Å². The van der Waals surface area contributed by atoms with Crippen molar-refractivity contribution in [2.75, 3.05) is 0 Å². The lowest BCUT2D eigenvalue weighted by molar-refractivity contribution is -0.108. The molecule has 0 heterocycles. The third kappa shape index (κ3) is 2.39. The SMILES string of the molecule is C[C@]12CC[C@@H]3c4ccc(O)cc4CC[C@H]3[C@@H]1CC[C@]2(O)c1ccc2c(c1)CCC2. The molecule has 0 spiro atoms. The molecule has 2 N–H and O–H groups in total. The molecule has 0 saturated heterocycles. The summed E-state index contributed by atoms with van der Waals surface area (Å²) in [7, 11) is 0. The van der Waals surface area contributed by atoms with Gasteiger partial charge in [-0.25, -0.2) is 0 Å². The Morgan fingerprint density at radius 3 is 2.62 bits per heavy atom. The van der Waals surface area contributed by atoms with Gasteiger partial charge in [0.05, 0.1) is 5.60 Å². The Bertz CT molecular complexity index is 978. The molecule has 6 rings (SSSR count). The molecule has 2 fully saturated rings. The van der Waals surface area contributed by atoms with Crippen molar-refractivity contribution in [1.82, 2.24) is 0 Å². The van der Waals surface area contributed by atoms with Crippen molar-refractivity contribution in [2.45, 2.75) is 76.2 Å². The van der Waals surface area contributed by atoms with Gasteiger partial charge in [0.25, 0.3) is 0 Å². The van der Waals surface area contributed by atoms with E-state index in [0.29, 0.717) is 23.5 Å². The Balaban J connectivity index is 1.37. The van der Waals surface area contributed by atoms with Crippen LogP contribution in [0.15, 0.2) is 36.4 Å². The zero-order chi connectivity index (χ0) is 19.8. The summed E-state index contributed by atoms with van der Waals surface area (Å²) in [5.41, 5.74) is 6.25. The minimum Gasteiger partial charge on any atom is -0.508 e. The number of hydrogen-bond donors (Lipinski definition) is 2. The number of fused-ring (bicyclic) bond motifs is 6. The summed E-state index contributed by atoms with van der Waals surface area (Å²) in [4.78, 5) is 0. The second-order valence-corrected chi connectivity index (χ2v) is 10.5. The summed E-state index contributed by atoms with van der Waals surface area (Å²) in [6, 6.07) is 12.9. The maximum atomic E-state index is 12.1. The van der Waals surface area contributed by atoms with E-state index in [1.165, 1.54) is 53.5 Å². The van der Waals surface area contributed by atoms with Crippen LogP contribution < -0.4 is 0 Å². The van der Waals surface area contributed by atoms with Crippen molar-refractivity contribution >= 4 is 0 Å². The van der Waals surface area contributed by atoms with Crippen LogP contribution in [0.5, 0.6) is 5.75 Å². The quantitative estimate of drug-likeness (QED) is 0.665. The molecule has 0 bridgehead atoms. The summed E-state index contributed by atoms with van der Waals surface area (Å²) in [6.45, 7) is 2.39. The number of phenols is 1. The van der Waals surface area contributed by atoms with E-state index < -0.39 is 5.60 Å². The van der Waals surface area contributed by atoms with Gasteiger partial charge in [-0.2, -0.15) is 0 Å². The maximum Gasteiger partial charge on any atom is 0.115 e. The van der Waals surface area contributed by atoms with Crippen molar-refractivity contribution in [1.29, 1.82) is 0 Å². The third-order valence-corrected chi connectivity index (χ3v) is 9.44. The molecule has 2 aromatic rings. The number of phenolic OH excluding ortho intramolecular Hbond substituents is 1. The summed E-state index contributed by atoms with van der Waals surface area (Å²) in [5, 5.41) is 22.0. The number of aryl methyl sites for hydroxylation is 3. The summed E-state index contributed by atoms with van der Waals surface area (Å²) in [5.74, 6) is 2.24. The van der Waals surface area contributed by atoms with Crippen molar-refractivity contribution in [3.63, 3.8) is 0 Å². The van der Waals surface area contributed by atoms with Crippen LogP contribution in [0.1, 0.15) is 79.2 Å². The van der Waals surface area contributed by atoms with Crippen LogP contribution in [-0.2, 0) is 24.9 Å². The molecule has 2 nitrogen and oxygen atoms in total. The average Bonchev–Trinajstić information content (AvgIpc) is 3.30. The van der Waals surface area contributed by atoms with E-state index in [1.807, 2.05) is 12.1 Å². The molecule has 2 aromatic carbocycles. The molecule has 0 amide bonds. The van der Waals surface area contributed by atoms with E-state index >= 15 is 0 Å². The van der Waals surface area contributed by atoms with Gasteiger partial charge in [-0.3, -0.25) is 0 Å². The highest BCUT2D eigenvalue weighted by molar-refractivity contribution is 5.42. The fourth-order valence-electron chi connectivity index (χ4n) is 7.89. The molecule has 0 aromatic heterocycles. The lowest BCUT2D eigenvalue weighted by Gasteiger charge is -2.53. The summed E-state index contributed by atoms with van der Waals surface area (Å²) < 4.78 is 0. The van der Waals surface area contributed by atoms with Crippen LogP contribution in [0, 0.1) is 17.3 Å². The first-order valence-corrected chi connectivity index (χ1v) is 11.7. The molecule has 29 heavy (non-hydrogen) atoms. The van der Waals surface area contributed by atoms with Gasteiger partial charge in [0.2, 0.25) is 0 Å². The minimum atomic E-state index is -0.685. The van der Waals surface area contributed by atoms with E-state index in [0.717, 1.165) is 32.1 Å². The lowest BCUT2D eigenvalue weighted by Crippen LogP contribution is -2.49. The van der Waals surface area contributed by atoms with Crippen molar-refractivity contribution in [3.8, 4) is 5.75 Å². The van der Waals surface area contributed by atoms with Crippen LogP contribution in [0.25, 0.3) is 0 Å². The van der Waals surface area contributed by atoms with Gasteiger partial charge >= 0.3 is 0 Å². The monoisotopic (exact) mass is 388 g/mol. The first kappa shape index (κ1) is 18.0. The van der Waals surface area contributed by atoms with E-state index in [1.54, 1.807) is 0 Å². The maximum absolute atomic E-state index is 12.1. The predicted molar refractivity (Wildman–Crippen MR) is 115 cm³/mol. The van der Waals surface area contributed by atoms with Crippen LogP contribution in [0.4, 0.5) is 0 Å². The minimum absolute atomic E-state index is 0.0323. The normalized spacial score (nSPS) is 37.5. The number of rotatable bonds is 1. The standard InChI is InChI=1S/C27H32O2/c1-26-13-11-23-22-10-8-21(28)16-19(22)6-9-24(23)25(26)12-14-27(26,29)20-7-5-17-3-2-4-18(17)15-20/h5,7-8,10,15-16,23-25,28-29H,2-4,6,9,11-14H2,1H3/t23-,24-,25+,26+,27+/m1/s1. The van der Waals surface area contributed by atoms with Crippen LogP contribution >= 0.6 is 0 Å². The van der Waals surface area contributed by atoms with E-state index in [2.05, 4.69) is 31.2 Å². The third-order valence-electron chi connectivity index (χ3n) is 9.44. The van der Waals surface area contributed by atoms with Crippen molar-refractivity contribution in [3.05, 3.63) is 64.2 Å². The largest absolute Gasteiger partial charge is 0.508 e. The van der Waals surface area contributed by atoms with Gasteiger partial charge in [-0.05, 0) is 115 Å². The average molecular weight is 389 g/mol. The molecule has 0 aliphatic heterocycles. The fourth-order valence-corrected chi connectivity index (χ4v) is 7.89. The Morgan fingerprint density at radius 2 is 1.72 bits per heavy atom. The highest BCUT2D eigenvalue weighted by atomic mass is 16.3. The highest BCUT2D eigenvalue weighted by Gasteiger charge is 2.62. The molecule has 2 saturated carbocycles. The van der Waals surface area contributed by atoms with Gasteiger partial charge in [0, 0.05) is 5.41 Å². The van der Waals surface area contributed by atoms with Crippen LogP contribution in [0.3, 0.4) is 0 Å². The van der Waals surface area contributed by atoms with Crippen molar-refractivity contribution in [2.24, 2.45) is 17.3 Å². The van der Waals surface area contributed by atoms with Crippen LogP contribution in [-0.4, -0.2) is 10.2 Å². The Morgan fingerprint density at radius 1 is 0.862 bits per heavy atom. The van der Waals surface area contributed by atoms with E-state index in [-0.39, 0.29) is 5.41 Å². The van der Waals surface area contributed by atoms with Crippen molar-refractivity contribution < 1.29 is 10.2 Å². The molecule has 0 radical (unpaired) electrons. The molecular formula is C27H32O2. The Kier molecular flexibility index (Phi) is 3.79. The fraction of sp³-hybridized carbons (Fsp3) is 0.556. The molecule has 152 valence electrons. The van der Waals surface area contributed by atoms with E-state index in [4.69, 9.17) is 0 Å². The Hall–Kier alpha value is -1.80. The lowest BCUT2D eigenvalue weighted by atomic mass is 9.52. The first-order valence-electron chi connectivity index (χ1n) is 11.7. The molecule has 4 aliphatic carbocycles. The highest BCUT2D eigenvalue weighted by Crippen LogP contribution is 2.67. The topological polar surface area (TPSA) is 40.5 Å². The molecule has 4 aliphatic rings. The Labute approximate surface area is 174 Å².